The molecule has 2 aliphatic heterocycles. The Morgan fingerprint density at radius 1 is 0.469 bits per heavy atom. The van der Waals surface area contributed by atoms with E-state index in [4.69, 9.17) is 0 Å². The molecule has 0 radical (unpaired) electrons. The van der Waals surface area contributed by atoms with Gasteiger partial charge in [-0.3, -0.25) is 9.48 Å². The first-order valence-electron chi connectivity index (χ1n) is 17.9. The summed E-state index contributed by atoms with van der Waals surface area (Å²) in [6, 6.07) is 63.6. The van der Waals surface area contributed by atoms with Crippen molar-refractivity contribution in [2.24, 2.45) is 0 Å². The van der Waals surface area contributed by atoms with Crippen LogP contribution in [-0.4, -0.2) is 41.1 Å². The predicted octanol–water partition coefficient (Wildman–Crippen LogP) is 7.47. The summed E-state index contributed by atoms with van der Waals surface area (Å²) in [5.41, 5.74) is 6.85. The molecule has 0 bridgehead atoms. The summed E-state index contributed by atoms with van der Waals surface area (Å²) in [4.78, 5) is 2.61. The van der Waals surface area contributed by atoms with Crippen LogP contribution < -0.4 is 21.9 Å². The van der Waals surface area contributed by atoms with Crippen LogP contribution >= 0.6 is 0 Å². The van der Waals surface area contributed by atoms with E-state index < -0.39 is 6.15 Å². The van der Waals surface area contributed by atoms with Crippen LogP contribution in [0.4, 0.5) is 0 Å². The standard InChI is InChI=1S/C24H20B.C22H23N2/c1-5-13-21(14-6-1)25(22-15-7-2-8-16-22,23-17-9-3-10-18-23)24-19-11-4-12-20-24;1-3-9-19-17(7-1)15-18-8-2-4-10-20(18)21(19)16-24-14-6-13-23-12-5-11-22(23)24/h1-20H;1-4,7-10,15H,5-6,11-14,16H2/q-1;+1. The average Bonchev–Trinajstić information content (AvgIpc) is 3.67. The third-order valence-electron chi connectivity index (χ3n) is 10.8. The molecule has 7 aromatic carbocycles. The molecule has 9 rings (SSSR count). The van der Waals surface area contributed by atoms with E-state index >= 15 is 0 Å². The van der Waals surface area contributed by atoms with E-state index in [9.17, 15) is 0 Å². The molecule has 49 heavy (non-hydrogen) atoms. The van der Waals surface area contributed by atoms with Gasteiger partial charge in [0.05, 0.1) is 26.1 Å². The van der Waals surface area contributed by atoms with Crippen molar-refractivity contribution < 1.29 is 4.58 Å². The van der Waals surface area contributed by atoms with Crippen molar-refractivity contribution in [3.8, 4) is 0 Å². The molecule has 2 heterocycles. The summed E-state index contributed by atoms with van der Waals surface area (Å²) in [7, 11) is 0. The van der Waals surface area contributed by atoms with Crippen LogP contribution in [0.5, 0.6) is 0 Å². The lowest BCUT2D eigenvalue weighted by Crippen LogP contribution is -2.74. The highest BCUT2D eigenvalue weighted by molar-refractivity contribution is 7.19. The first-order valence-corrected chi connectivity index (χ1v) is 17.9. The SMILES string of the molecule is c1ccc([B-](c2ccccc2)(c2ccccc2)c2ccccc2)cc1.c1ccc2c(C[N+]3=C4CCCN4CCC3)c3ccccc3cc2c1. The molecule has 0 unspecified atom stereocenters. The molecule has 2 nitrogen and oxygen atoms in total. The van der Waals surface area contributed by atoms with E-state index in [1.54, 1.807) is 5.84 Å². The fourth-order valence-electron chi connectivity index (χ4n) is 8.66. The van der Waals surface area contributed by atoms with Crippen molar-refractivity contribution >= 4 is 55.4 Å². The quantitative estimate of drug-likeness (QED) is 0.105. The van der Waals surface area contributed by atoms with E-state index in [-0.39, 0.29) is 0 Å². The van der Waals surface area contributed by atoms with Gasteiger partial charge in [-0.05, 0) is 34.0 Å². The monoisotopic (exact) mass is 634 g/mol. The Morgan fingerprint density at radius 2 is 0.878 bits per heavy atom. The van der Waals surface area contributed by atoms with Crippen molar-refractivity contribution in [3.05, 3.63) is 181 Å². The lowest BCUT2D eigenvalue weighted by atomic mass is 9.13. The van der Waals surface area contributed by atoms with Crippen LogP contribution in [0.25, 0.3) is 21.5 Å². The summed E-state index contributed by atoms with van der Waals surface area (Å²) < 4.78 is 2.64. The summed E-state index contributed by atoms with van der Waals surface area (Å²) >= 11 is 0. The minimum Gasteiger partial charge on any atom is -0.266 e. The number of rotatable bonds is 6. The number of fused-ring (bicyclic) bond motifs is 3. The van der Waals surface area contributed by atoms with E-state index in [1.165, 1.54) is 87.9 Å². The van der Waals surface area contributed by atoms with Crippen LogP contribution in [0.15, 0.2) is 176 Å². The third-order valence-corrected chi connectivity index (χ3v) is 10.8. The fraction of sp³-hybridized carbons (Fsp3) is 0.152. The first kappa shape index (κ1) is 30.9. The van der Waals surface area contributed by atoms with Crippen LogP contribution in [0.1, 0.15) is 24.8 Å². The molecule has 0 aliphatic carbocycles. The van der Waals surface area contributed by atoms with Gasteiger partial charge in [-0.25, -0.2) is 0 Å². The molecule has 240 valence electrons. The third kappa shape index (κ3) is 5.95. The van der Waals surface area contributed by atoms with Gasteiger partial charge in [0.25, 0.3) is 0 Å². The molecule has 2 aliphatic rings. The Bertz CT molecular complexity index is 1980. The predicted molar refractivity (Wildman–Crippen MR) is 211 cm³/mol. The van der Waals surface area contributed by atoms with Crippen molar-refractivity contribution in [1.82, 2.24) is 4.90 Å². The van der Waals surface area contributed by atoms with Crippen LogP contribution in [-0.2, 0) is 6.54 Å². The normalized spacial score (nSPS) is 14.4. The van der Waals surface area contributed by atoms with Crippen molar-refractivity contribution in [2.45, 2.75) is 25.8 Å². The second-order valence-corrected chi connectivity index (χ2v) is 13.6. The van der Waals surface area contributed by atoms with Crippen molar-refractivity contribution in [1.29, 1.82) is 0 Å². The van der Waals surface area contributed by atoms with Crippen LogP contribution in [0.3, 0.4) is 0 Å². The number of amidine groups is 1. The van der Waals surface area contributed by atoms with E-state index in [2.05, 4.69) is 185 Å². The second kappa shape index (κ2) is 14.0. The zero-order valence-corrected chi connectivity index (χ0v) is 28.2. The summed E-state index contributed by atoms with van der Waals surface area (Å²) in [6.07, 6.45) is 2.64. The lowest BCUT2D eigenvalue weighted by Gasteiger charge is -2.44. The minimum absolute atomic E-state index is 1.04. The highest BCUT2D eigenvalue weighted by Crippen LogP contribution is 2.30. The maximum atomic E-state index is 2.64. The zero-order valence-electron chi connectivity index (χ0n) is 28.2. The molecule has 3 heteroatoms. The Hall–Kier alpha value is -5.41. The largest absolute Gasteiger partial charge is 0.266 e. The molecular weight excluding hydrogens is 591 g/mol. The van der Waals surface area contributed by atoms with Gasteiger partial charge in [-0.15, -0.1) is 0 Å². The highest BCUT2D eigenvalue weighted by atomic mass is 15.3. The maximum absolute atomic E-state index is 2.64. The van der Waals surface area contributed by atoms with Crippen molar-refractivity contribution in [2.75, 3.05) is 19.6 Å². The van der Waals surface area contributed by atoms with Gasteiger partial charge in [0.15, 0.2) is 0 Å². The number of hydrogen-bond acceptors (Lipinski definition) is 1. The Kier molecular flexibility index (Phi) is 8.82. The first-order chi connectivity index (χ1) is 24.3. The molecule has 0 saturated carbocycles. The molecule has 0 aromatic heterocycles. The van der Waals surface area contributed by atoms with Gasteiger partial charge in [0, 0.05) is 12.0 Å². The Balaban J connectivity index is 0.000000142. The second-order valence-electron chi connectivity index (χ2n) is 13.6. The smallest absolute Gasteiger partial charge is 0.247 e. The number of hydrogen-bond donors (Lipinski definition) is 0. The van der Waals surface area contributed by atoms with Crippen molar-refractivity contribution in [3.63, 3.8) is 0 Å². The average molecular weight is 635 g/mol. The Morgan fingerprint density at radius 3 is 1.35 bits per heavy atom. The molecule has 0 atom stereocenters. The minimum atomic E-state index is -1.22. The van der Waals surface area contributed by atoms with Gasteiger partial charge in [-0.2, -0.15) is 21.9 Å². The van der Waals surface area contributed by atoms with Crippen LogP contribution in [0, 0.1) is 0 Å². The van der Waals surface area contributed by atoms with Gasteiger partial charge in [0.2, 0.25) is 5.84 Å². The summed E-state index contributed by atoms with van der Waals surface area (Å²) in [6.45, 7) is 4.74. The molecule has 7 aromatic rings. The van der Waals surface area contributed by atoms with E-state index in [0.717, 1.165) is 6.54 Å². The zero-order chi connectivity index (χ0) is 32.9. The molecule has 0 amide bonds. The topological polar surface area (TPSA) is 6.25 Å². The fourth-order valence-corrected chi connectivity index (χ4v) is 8.66. The number of nitrogens with zero attached hydrogens (tertiary/aromatic N) is 2. The lowest BCUT2D eigenvalue weighted by molar-refractivity contribution is -0.553. The molecule has 0 N–H and O–H groups in total. The Labute approximate surface area is 290 Å². The number of benzene rings is 7. The molecule has 1 fully saturated rings. The maximum Gasteiger partial charge on any atom is 0.247 e. The van der Waals surface area contributed by atoms with Gasteiger partial charge < -0.3 is 0 Å². The molecule has 0 spiro atoms. The highest BCUT2D eigenvalue weighted by Gasteiger charge is 2.33. The van der Waals surface area contributed by atoms with Gasteiger partial charge in [0.1, 0.15) is 12.7 Å². The van der Waals surface area contributed by atoms with Crippen LogP contribution in [0.2, 0.25) is 0 Å². The van der Waals surface area contributed by atoms with Gasteiger partial charge >= 0.3 is 0 Å². The molecule has 1 saturated heterocycles. The van der Waals surface area contributed by atoms with Gasteiger partial charge in [-0.1, -0.05) is 170 Å². The summed E-state index contributed by atoms with van der Waals surface area (Å²) in [5, 5.41) is 5.53. The molecular formula is C46H43BN2. The summed E-state index contributed by atoms with van der Waals surface area (Å²) in [5.74, 6) is 1.58. The van der Waals surface area contributed by atoms with E-state index in [1.807, 2.05) is 0 Å². The van der Waals surface area contributed by atoms with E-state index in [0.29, 0.717) is 0 Å².